The molecule has 0 aliphatic heterocycles. The first kappa shape index (κ1) is 20.7. The van der Waals surface area contributed by atoms with E-state index in [-0.39, 0.29) is 0 Å². The number of nitrogens with zero attached hydrogens (tertiary/aromatic N) is 2. The summed E-state index contributed by atoms with van der Waals surface area (Å²) in [5, 5.41) is 4.56. The first-order chi connectivity index (χ1) is 13.2. The van der Waals surface area contributed by atoms with Gasteiger partial charge in [-0.2, -0.15) is 0 Å². The molecule has 4 heteroatoms. The highest BCUT2D eigenvalue weighted by molar-refractivity contribution is 7.22. The number of fused-ring (bicyclic) bond motifs is 1. The molecule has 0 atom stereocenters. The molecule has 2 aromatic carbocycles. The van der Waals surface area contributed by atoms with E-state index in [0.29, 0.717) is 11.8 Å². The normalized spacial score (nSPS) is 11.6. The van der Waals surface area contributed by atoms with Crippen LogP contribution in [0.5, 0.6) is 0 Å². The molecule has 0 unspecified atom stereocenters. The summed E-state index contributed by atoms with van der Waals surface area (Å²) in [5.74, 6) is 1.25. The molecule has 0 saturated heterocycles. The molecule has 150 valence electrons. The SMILES string of the molecule is Cc1cc(C)c(Nc2nc3cccc(N(CC(C)C)CC(C)C)c3s2)c(C)c1. The number of benzene rings is 2. The number of rotatable bonds is 7. The average molecular weight is 396 g/mol. The van der Waals surface area contributed by atoms with E-state index in [1.54, 1.807) is 11.3 Å². The molecule has 0 saturated carbocycles. The van der Waals surface area contributed by atoms with Crippen molar-refractivity contribution in [3.05, 3.63) is 47.0 Å². The van der Waals surface area contributed by atoms with Crippen molar-refractivity contribution >= 4 is 38.1 Å². The molecule has 3 rings (SSSR count). The van der Waals surface area contributed by atoms with E-state index in [9.17, 15) is 0 Å². The van der Waals surface area contributed by atoms with Crippen molar-refractivity contribution < 1.29 is 0 Å². The van der Waals surface area contributed by atoms with Crippen molar-refractivity contribution in [1.82, 2.24) is 4.98 Å². The van der Waals surface area contributed by atoms with Crippen LogP contribution >= 0.6 is 11.3 Å². The van der Waals surface area contributed by atoms with E-state index in [4.69, 9.17) is 4.98 Å². The monoisotopic (exact) mass is 395 g/mol. The van der Waals surface area contributed by atoms with Crippen LogP contribution in [0.2, 0.25) is 0 Å². The number of aryl methyl sites for hydroxylation is 3. The molecule has 0 amide bonds. The predicted octanol–water partition coefficient (Wildman–Crippen LogP) is 7.08. The molecule has 0 bridgehead atoms. The van der Waals surface area contributed by atoms with Crippen LogP contribution in [0, 0.1) is 32.6 Å². The Morgan fingerprint density at radius 1 is 0.964 bits per heavy atom. The molecule has 1 N–H and O–H groups in total. The van der Waals surface area contributed by atoms with Gasteiger partial charge in [0, 0.05) is 18.8 Å². The van der Waals surface area contributed by atoms with Crippen LogP contribution in [0.25, 0.3) is 10.2 Å². The molecule has 0 radical (unpaired) electrons. The second-order valence-electron chi connectivity index (χ2n) is 8.74. The third-order valence-corrected chi connectivity index (χ3v) is 5.82. The zero-order chi connectivity index (χ0) is 20.4. The Balaban J connectivity index is 1.99. The molecule has 28 heavy (non-hydrogen) atoms. The summed E-state index contributed by atoms with van der Waals surface area (Å²) in [4.78, 5) is 7.42. The minimum absolute atomic E-state index is 0.623. The van der Waals surface area contributed by atoms with Gasteiger partial charge in [-0.1, -0.05) is 62.8 Å². The topological polar surface area (TPSA) is 28.2 Å². The fraction of sp³-hybridized carbons (Fsp3) is 0.458. The van der Waals surface area contributed by atoms with Gasteiger partial charge in [-0.05, 0) is 55.9 Å². The molecular weight excluding hydrogens is 362 g/mol. The summed E-state index contributed by atoms with van der Waals surface area (Å²) in [6.07, 6.45) is 0. The van der Waals surface area contributed by atoms with E-state index in [1.165, 1.54) is 32.8 Å². The number of aromatic nitrogens is 1. The maximum absolute atomic E-state index is 4.89. The summed E-state index contributed by atoms with van der Waals surface area (Å²) in [6, 6.07) is 11.0. The minimum atomic E-state index is 0.623. The number of hydrogen-bond donors (Lipinski definition) is 1. The third-order valence-electron chi connectivity index (χ3n) is 4.81. The second-order valence-corrected chi connectivity index (χ2v) is 9.73. The second kappa shape index (κ2) is 8.52. The van der Waals surface area contributed by atoms with Gasteiger partial charge in [0.25, 0.3) is 0 Å². The standard InChI is InChI=1S/C24H33N3S/c1-15(2)13-27(14-16(3)4)21-10-8-9-20-23(21)28-24(25-20)26-22-18(6)11-17(5)12-19(22)7/h8-12,15-16H,13-14H2,1-7H3,(H,25,26). The third kappa shape index (κ3) is 4.67. The predicted molar refractivity (Wildman–Crippen MR) is 125 cm³/mol. The fourth-order valence-electron chi connectivity index (χ4n) is 3.87. The summed E-state index contributed by atoms with van der Waals surface area (Å²) >= 11 is 1.76. The minimum Gasteiger partial charge on any atom is -0.370 e. The number of hydrogen-bond acceptors (Lipinski definition) is 4. The van der Waals surface area contributed by atoms with Gasteiger partial charge in [0.2, 0.25) is 0 Å². The van der Waals surface area contributed by atoms with Crippen LogP contribution in [0.4, 0.5) is 16.5 Å². The van der Waals surface area contributed by atoms with Gasteiger partial charge < -0.3 is 10.2 Å². The highest BCUT2D eigenvalue weighted by atomic mass is 32.1. The van der Waals surface area contributed by atoms with Crippen LogP contribution in [0.15, 0.2) is 30.3 Å². The van der Waals surface area contributed by atoms with E-state index in [2.05, 4.69) is 89.0 Å². The summed E-state index contributed by atoms with van der Waals surface area (Å²) in [6.45, 7) is 17.7. The van der Waals surface area contributed by atoms with Crippen molar-refractivity contribution in [2.45, 2.75) is 48.5 Å². The van der Waals surface area contributed by atoms with Gasteiger partial charge in [-0.3, -0.25) is 0 Å². The van der Waals surface area contributed by atoms with Crippen LogP contribution in [0.3, 0.4) is 0 Å². The fourth-order valence-corrected chi connectivity index (χ4v) is 4.88. The Bertz CT molecular complexity index is 923. The Morgan fingerprint density at radius 3 is 2.14 bits per heavy atom. The van der Waals surface area contributed by atoms with Gasteiger partial charge in [-0.25, -0.2) is 4.98 Å². The Hall–Kier alpha value is -2.07. The molecule has 1 heterocycles. The lowest BCUT2D eigenvalue weighted by Gasteiger charge is -2.28. The van der Waals surface area contributed by atoms with Gasteiger partial charge >= 0.3 is 0 Å². The zero-order valence-electron chi connectivity index (χ0n) is 18.3. The lowest BCUT2D eigenvalue weighted by molar-refractivity contribution is 0.554. The van der Waals surface area contributed by atoms with Crippen LogP contribution in [0.1, 0.15) is 44.4 Å². The maximum Gasteiger partial charge on any atom is 0.188 e. The quantitative estimate of drug-likeness (QED) is 0.463. The van der Waals surface area contributed by atoms with E-state index in [1.807, 2.05) is 0 Å². The number of anilines is 3. The molecule has 0 aliphatic rings. The van der Waals surface area contributed by atoms with Crippen LogP contribution in [-0.2, 0) is 0 Å². The first-order valence-corrected chi connectivity index (χ1v) is 11.1. The summed E-state index contributed by atoms with van der Waals surface area (Å²) in [7, 11) is 0. The largest absolute Gasteiger partial charge is 0.370 e. The molecule has 0 aliphatic carbocycles. The van der Waals surface area contributed by atoms with Crippen molar-refractivity contribution in [2.24, 2.45) is 11.8 Å². The lowest BCUT2D eigenvalue weighted by atomic mass is 10.1. The number of thiazole rings is 1. The first-order valence-electron chi connectivity index (χ1n) is 10.2. The van der Waals surface area contributed by atoms with Gasteiger partial charge in [0.15, 0.2) is 5.13 Å². The lowest BCUT2D eigenvalue weighted by Crippen LogP contribution is -2.31. The van der Waals surface area contributed by atoms with Crippen LogP contribution < -0.4 is 10.2 Å². The molecule has 0 spiro atoms. The molecule has 0 fully saturated rings. The van der Waals surface area contributed by atoms with Crippen molar-refractivity contribution in [3.63, 3.8) is 0 Å². The maximum atomic E-state index is 4.89. The molecule has 3 nitrogen and oxygen atoms in total. The van der Waals surface area contributed by atoms with Gasteiger partial charge in [-0.15, -0.1) is 0 Å². The highest BCUT2D eigenvalue weighted by Gasteiger charge is 2.17. The Morgan fingerprint density at radius 2 is 1.57 bits per heavy atom. The van der Waals surface area contributed by atoms with Crippen molar-refractivity contribution in [3.8, 4) is 0 Å². The van der Waals surface area contributed by atoms with Crippen molar-refractivity contribution in [1.29, 1.82) is 0 Å². The average Bonchev–Trinajstić information content (AvgIpc) is 2.99. The Labute approximate surface area is 173 Å². The molecule has 1 aromatic heterocycles. The van der Waals surface area contributed by atoms with Crippen LogP contribution in [-0.4, -0.2) is 18.1 Å². The smallest absolute Gasteiger partial charge is 0.188 e. The summed E-state index contributed by atoms with van der Waals surface area (Å²) < 4.78 is 1.27. The molecule has 3 aromatic rings. The van der Waals surface area contributed by atoms with E-state index in [0.717, 1.165) is 23.7 Å². The van der Waals surface area contributed by atoms with Crippen molar-refractivity contribution in [2.75, 3.05) is 23.3 Å². The number of nitrogens with one attached hydrogen (secondary N) is 1. The van der Waals surface area contributed by atoms with E-state index >= 15 is 0 Å². The van der Waals surface area contributed by atoms with Gasteiger partial charge in [0.1, 0.15) is 0 Å². The zero-order valence-corrected chi connectivity index (χ0v) is 19.1. The summed E-state index contributed by atoms with van der Waals surface area (Å²) in [5.41, 5.74) is 7.38. The highest BCUT2D eigenvalue weighted by Crippen LogP contribution is 2.37. The van der Waals surface area contributed by atoms with Gasteiger partial charge in [0.05, 0.1) is 15.9 Å². The Kier molecular flexibility index (Phi) is 6.29. The van der Waals surface area contributed by atoms with E-state index < -0.39 is 0 Å². The molecular formula is C24H33N3S.